The van der Waals surface area contributed by atoms with Crippen molar-refractivity contribution in [3.8, 4) is 11.5 Å². The topological polar surface area (TPSA) is 82.7 Å². The van der Waals surface area contributed by atoms with Crippen molar-refractivity contribution in [2.75, 3.05) is 5.75 Å². The molecule has 1 aliphatic carbocycles. The zero-order chi connectivity index (χ0) is 21.8. The van der Waals surface area contributed by atoms with Crippen LogP contribution in [0.15, 0.2) is 17.3 Å². The number of hydrogen-bond donors (Lipinski definition) is 0. The number of fused-ring (bicyclic) bond motifs is 1. The van der Waals surface area contributed by atoms with E-state index < -0.39 is 21.7 Å². The van der Waals surface area contributed by atoms with E-state index in [0.29, 0.717) is 23.7 Å². The maximum atomic E-state index is 13.0. The SMILES string of the molecule is CCS(=O)(=O)c1c(-c2nc3cc(C(F)(F)F)ncc3n2C)nc(CCC2CC2)n1C. The van der Waals surface area contributed by atoms with Crippen molar-refractivity contribution in [2.24, 2.45) is 20.0 Å². The lowest BCUT2D eigenvalue weighted by Gasteiger charge is -2.07. The average Bonchev–Trinajstić information content (AvgIpc) is 3.37. The van der Waals surface area contributed by atoms with Gasteiger partial charge in [-0.15, -0.1) is 0 Å². The third-order valence-electron chi connectivity index (χ3n) is 5.55. The summed E-state index contributed by atoms with van der Waals surface area (Å²) in [5, 5.41) is 0.0400. The summed E-state index contributed by atoms with van der Waals surface area (Å²) in [4.78, 5) is 12.4. The number of alkyl halides is 3. The van der Waals surface area contributed by atoms with E-state index in [9.17, 15) is 21.6 Å². The third kappa shape index (κ3) is 3.59. The van der Waals surface area contributed by atoms with Crippen LogP contribution < -0.4 is 0 Å². The fraction of sp³-hybridized carbons (Fsp3) is 0.526. The van der Waals surface area contributed by atoms with E-state index in [4.69, 9.17) is 0 Å². The highest BCUT2D eigenvalue weighted by molar-refractivity contribution is 7.91. The molecule has 11 heteroatoms. The Kier molecular flexibility index (Phi) is 4.91. The third-order valence-corrected chi connectivity index (χ3v) is 7.37. The summed E-state index contributed by atoms with van der Waals surface area (Å²) in [5.74, 6) is 1.36. The molecule has 0 amide bonds. The molecule has 1 fully saturated rings. The Morgan fingerprint density at radius 1 is 1.17 bits per heavy atom. The molecule has 0 atom stereocenters. The van der Waals surface area contributed by atoms with Crippen LogP contribution in [0.25, 0.3) is 22.6 Å². The second-order valence-corrected chi connectivity index (χ2v) is 9.87. The van der Waals surface area contributed by atoms with E-state index in [1.165, 1.54) is 17.4 Å². The van der Waals surface area contributed by atoms with Crippen molar-refractivity contribution in [2.45, 2.75) is 43.8 Å². The van der Waals surface area contributed by atoms with Gasteiger partial charge in [-0.2, -0.15) is 13.2 Å². The second-order valence-electron chi connectivity index (χ2n) is 7.68. The molecule has 162 valence electrons. The van der Waals surface area contributed by atoms with Gasteiger partial charge in [0.05, 0.1) is 23.0 Å². The molecule has 3 heterocycles. The fourth-order valence-electron chi connectivity index (χ4n) is 3.59. The van der Waals surface area contributed by atoms with Crippen LogP contribution in [-0.4, -0.2) is 38.3 Å². The maximum absolute atomic E-state index is 13.0. The Labute approximate surface area is 171 Å². The Morgan fingerprint density at radius 2 is 1.87 bits per heavy atom. The van der Waals surface area contributed by atoms with Crippen LogP contribution in [0.4, 0.5) is 13.2 Å². The van der Waals surface area contributed by atoms with Gasteiger partial charge in [-0.1, -0.05) is 19.8 Å². The quantitative estimate of drug-likeness (QED) is 0.585. The zero-order valence-corrected chi connectivity index (χ0v) is 17.7. The lowest BCUT2D eigenvalue weighted by Crippen LogP contribution is -2.12. The standard InChI is InChI=1S/C19H22F3N5O2S/c1-4-30(28,29)18-16(25-15(27(18)3)8-7-11-5-6-11)17-24-12-9-14(19(20,21)22)23-10-13(12)26(17)2/h9-11H,4-8H2,1-3H3. The van der Waals surface area contributed by atoms with Crippen LogP contribution in [0, 0.1) is 5.92 Å². The normalized spacial score (nSPS) is 15.3. The van der Waals surface area contributed by atoms with Crippen LogP contribution in [-0.2, 0) is 36.5 Å². The minimum Gasteiger partial charge on any atom is -0.324 e. The zero-order valence-electron chi connectivity index (χ0n) is 16.9. The van der Waals surface area contributed by atoms with Crippen LogP contribution in [0.2, 0.25) is 0 Å². The number of hydrogen-bond acceptors (Lipinski definition) is 5. The maximum Gasteiger partial charge on any atom is 0.433 e. The number of aryl methyl sites for hydroxylation is 2. The Hall–Kier alpha value is -2.43. The summed E-state index contributed by atoms with van der Waals surface area (Å²) >= 11 is 0. The van der Waals surface area contributed by atoms with Crippen molar-refractivity contribution in [1.82, 2.24) is 24.1 Å². The lowest BCUT2D eigenvalue weighted by molar-refractivity contribution is -0.141. The molecule has 0 aromatic carbocycles. The van der Waals surface area contributed by atoms with Crippen molar-refractivity contribution < 1.29 is 21.6 Å². The molecule has 7 nitrogen and oxygen atoms in total. The van der Waals surface area contributed by atoms with E-state index in [2.05, 4.69) is 15.0 Å². The molecule has 0 N–H and O–H groups in total. The molecule has 0 saturated heterocycles. The first-order valence-corrected chi connectivity index (χ1v) is 11.4. The van der Waals surface area contributed by atoms with E-state index in [1.54, 1.807) is 25.6 Å². The molecule has 1 aliphatic rings. The number of aromatic nitrogens is 5. The first kappa shape index (κ1) is 20.8. The monoisotopic (exact) mass is 441 g/mol. The number of nitrogens with zero attached hydrogens (tertiary/aromatic N) is 5. The molecule has 0 aliphatic heterocycles. The molecule has 0 unspecified atom stereocenters. The highest BCUT2D eigenvalue weighted by atomic mass is 32.2. The number of pyridine rings is 1. The van der Waals surface area contributed by atoms with Crippen molar-refractivity contribution in [1.29, 1.82) is 0 Å². The van der Waals surface area contributed by atoms with E-state index in [-0.39, 0.29) is 27.8 Å². The predicted molar refractivity (Wildman–Crippen MR) is 104 cm³/mol. The van der Waals surface area contributed by atoms with E-state index >= 15 is 0 Å². The van der Waals surface area contributed by atoms with Crippen molar-refractivity contribution in [3.63, 3.8) is 0 Å². The lowest BCUT2D eigenvalue weighted by atomic mass is 10.2. The minimum atomic E-state index is -4.59. The summed E-state index contributed by atoms with van der Waals surface area (Å²) in [7, 11) is -0.372. The molecule has 4 rings (SSSR count). The van der Waals surface area contributed by atoms with Crippen molar-refractivity contribution in [3.05, 3.63) is 23.8 Å². The number of rotatable bonds is 6. The summed E-state index contributed by atoms with van der Waals surface area (Å²) in [6.45, 7) is 1.55. The molecule has 30 heavy (non-hydrogen) atoms. The number of sulfone groups is 1. The number of imidazole rings is 2. The molecule has 3 aromatic heterocycles. The number of halogens is 3. The van der Waals surface area contributed by atoms with Crippen LogP contribution >= 0.6 is 0 Å². The average molecular weight is 441 g/mol. The van der Waals surface area contributed by atoms with Gasteiger partial charge in [0.25, 0.3) is 0 Å². The Bertz CT molecular complexity index is 1220. The van der Waals surface area contributed by atoms with Gasteiger partial charge in [0.15, 0.2) is 20.7 Å². The molecule has 0 spiro atoms. The smallest absolute Gasteiger partial charge is 0.324 e. The fourth-order valence-corrected chi connectivity index (χ4v) is 4.81. The molecule has 3 aromatic rings. The Morgan fingerprint density at radius 3 is 2.47 bits per heavy atom. The minimum absolute atomic E-state index is 0.0400. The van der Waals surface area contributed by atoms with Gasteiger partial charge in [0, 0.05) is 20.5 Å². The molecule has 1 saturated carbocycles. The second kappa shape index (κ2) is 7.07. The van der Waals surface area contributed by atoms with Gasteiger partial charge in [-0.3, -0.25) is 0 Å². The summed E-state index contributed by atoms with van der Waals surface area (Å²) in [6.07, 6.45) is 0.422. The highest BCUT2D eigenvalue weighted by Gasteiger charge is 2.34. The van der Waals surface area contributed by atoms with E-state index in [0.717, 1.165) is 18.7 Å². The van der Waals surface area contributed by atoms with Gasteiger partial charge < -0.3 is 9.13 Å². The van der Waals surface area contributed by atoms with Crippen LogP contribution in [0.5, 0.6) is 0 Å². The predicted octanol–water partition coefficient (Wildman–Crippen LogP) is 3.52. The van der Waals surface area contributed by atoms with Gasteiger partial charge in [0.2, 0.25) is 0 Å². The summed E-state index contributed by atoms with van der Waals surface area (Å²) < 4.78 is 67.9. The van der Waals surface area contributed by atoms with Gasteiger partial charge in [-0.05, 0) is 18.4 Å². The largest absolute Gasteiger partial charge is 0.433 e. The molecule has 0 radical (unpaired) electrons. The molecular weight excluding hydrogens is 419 g/mol. The first-order chi connectivity index (χ1) is 14.0. The molecular formula is C19H22F3N5O2S. The summed E-state index contributed by atoms with van der Waals surface area (Å²) in [5.41, 5.74) is -0.438. The first-order valence-electron chi connectivity index (χ1n) is 9.71. The van der Waals surface area contributed by atoms with Gasteiger partial charge in [-0.25, -0.2) is 23.4 Å². The molecule has 0 bridgehead atoms. The van der Waals surface area contributed by atoms with Crippen LogP contribution in [0.1, 0.15) is 37.7 Å². The van der Waals surface area contributed by atoms with Crippen LogP contribution in [0.3, 0.4) is 0 Å². The van der Waals surface area contributed by atoms with E-state index in [1.807, 2.05) is 0 Å². The van der Waals surface area contributed by atoms with Gasteiger partial charge in [0.1, 0.15) is 17.2 Å². The highest BCUT2D eigenvalue weighted by Crippen LogP contribution is 2.36. The summed E-state index contributed by atoms with van der Waals surface area (Å²) in [6, 6.07) is 0.865. The van der Waals surface area contributed by atoms with Crippen molar-refractivity contribution >= 4 is 20.9 Å². The van der Waals surface area contributed by atoms with Gasteiger partial charge >= 0.3 is 6.18 Å². The Balaban J connectivity index is 1.89.